The van der Waals surface area contributed by atoms with E-state index in [9.17, 15) is 19.5 Å². The molecule has 1 saturated heterocycles. The van der Waals surface area contributed by atoms with Crippen LogP contribution < -0.4 is 0 Å². The quantitative estimate of drug-likeness (QED) is 0.477. The van der Waals surface area contributed by atoms with E-state index in [0.29, 0.717) is 18.5 Å². The van der Waals surface area contributed by atoms with Gasteiger partial charge in [-0.05, 0) is 12.8 Å². The molecule has 4 atom stereocenters. The first kappa shape index (κ1) is 22.2. The fourth-order valence-electron chi connectivity index (χ4n) is 3.95. The molecule has 0 amide bonds. The Labute approximate surface area is 173 Å². The van der Waals surface area contributed by atoms with Crippen LogP contribution in [0.15, 0.2) is 6.20 Å². The molecule has 1 N–H and O–H groups in total. The number of carbonyl (C=O) groups excluding carboxylic acids is 3. The van der Waals surface area contributed by atoms with Crippen LogP contribution in [0.3, 0.4) is 0 Å². The summed E-state index contributed by atoms with van der Waals surface area (Å²) < 4.78 is 23.1. The van der Waals surface area contributed by atoms with Crippen LogP contribution >= 0.6 is 0 Å². The Morgan fingerprint density at radius 2 is 1.70 bits per heavy atom. The predicted octanol–water partition coefficient (Wildman–Crippen LogP) is 0.234. The van der Waals surface area contributed by atoms with Gasteiger partial charge < -0.3 is 24.1 Å². The SMILES string of the molecule is CC(=O)OC[C@H]1O[C@@H](Cn2cc(C3(O)CCCC3)nn2)[C@@H](OC(C)=O)[C@@H]1OC(C)=O. The molecule has 1 aliphatic carbocycles. The zero-order valence-corrected chi connectivity index (χ0v) is 17.3. The lowest BCUT2D eigenvalue weighted by Crippen LogP contribution is -2.42. The number of esters is 3. The third-order valence-electron chi connectivity index (χ3n) is 5.27. The minimum Gasteiger partial charge on any atom is -0.463 e. The second-order valence-electron chi connectivity index (χ2n) is 7.73. The summed E-state index contributed by atoms with van der Waals surface area (Å²) in [6, 6.07) is 0. The average Bonchev–Trinajstić information content (AvgIpc) is 3.36. The van der Waals surface area contributed by atoms with E-state index in [1.807, 2.05) is 0 Å². The molecular formula is C19H27N3O8. The Morgan fingerprint density at radius 1 is 1.10 bits per heavy atom. The summed E-state index contributed by atoms with van der Waals surface area (Å²) in [7, 11) is 0. The molecule has 0 unspecified atom stereocenters. The summed E-state index contributed by atoms with van der Waals surface area (Å²) in [5.41, 5.74) is -0.502. The van der Waals surface area contributed by atoms with E-state index in [-0.39, 0.29) is 13.2 Å². The number of hydrogen-bond donors (Lipinski definition) is 1. The third kappa shape index (κ3) is 5.14. The van der Waals surface area contributed by atoms with Gasteiger partial charge in [0.25, 0.3) is 0 Å². The Kier molecular flexibility index (Phi) is 6.71. The van der Waals surface area contributed by atoms with E-state index < -0.39 is 47.9 Å². The molecule has 0 aromatic carbocycles. The van der Waals surface area contributed by atoms with Gasteiger partial charge >= 0.3 is 17.9 Å². The largest absolute Gasteiger partial charge is 0.463 e. The van der Waals surface area contributed by atoms with Crippen molar-refractivity contribution in [2.45, 2.75) is 83.0 Å². The topological polar surface area (TPSA) is 139 Å². The number of rotatable bonds is 7. The molecule has 1 aromatic heterocycles. The van der Waals surface area contributed by atoms with Gasteiger partial charge in [0.15, 0.2) is 12.2 Å². The highest BCUT2D eigenvalue weighted by atomic mass is 16.6. The summed E-state index contributed by atoms with van der Waals surface area (Å²) in [6.45, 7) is 3.69. The van der Waals surface area contributed by atoms with E-state index in [1.54, 1.807) is 6.20 Å². The first-order valence-electron chi connectivity index (χ1n) is 9.94. The van der Waals surface area contributed by atoms with Crippen molar-refractivity contribution in [1.29, 1.82) is 0 Å². The molecule has 2 heterocycles. The van der Waals surface area contributed by atoms with Gasteiger partial charge in [-0.1, -0.05) is 18.1 Å². The van der Waals surface area contributed by atoms with Gasteiger partial charge in [0.1, 0.15) is 30.1 Å². The molecule has 11 nitrogen and oxygen atoms in total. The molecule has 0 radical (unpaired) electrons. The molecular weight excluding hydrogens is 398 g/mol. The highest BCUT2D eigenvalue weighted by Gasteiger charge is 2.50. The maximum atomic E-state index is 11.7. The number of aromatic nitrogens is 3. The fourth-order valence-corrected chi connectivity index (χ4v) is 3.95. The monoisotopic (exact) mass is 425 g/mol. The zero-order chi connectivity index (χ0) is 21.9. The maximum Gasteiger partial charge on any atom is 0.303 e. The van der Waals surface area contributed by atoms with E-state index in [1.165, 1.54) is 25.5 Å². The van der Waals surface area contributed by atoms with Crippen LogP contribution in [-0.2, 0) is 45.5 Å². The Morgan fingerprint density at radius 3 is 2.27 bits per heavy atom. The number of ether oxygens (including phenoxy) is 4. The number of hydrogen-bond acceptors (Lipinski definition) is 10. The second-order valence-corrected chi connectivity index (χ2v) is 7.73. The minimum atomic E-state index is -0.984. The van der Waals surface area contributed by atoms with Crippen LogP contribution in [0.1, 0.15) is 52.1 Å². The first-order chi connectivity index (χ1) is 14.2. The summed E-state index contributed by atoms with van der Waals surface area (Å²) in [5, 5.41) is 18.8. The van der Waals surface area contributed by atoms with Crippen LogP contribution in [-0.4, -0.2) is 69.0 Å². The molecule has 0 bridgehead atoms. The second kappa shape index (κ2) is 9.09. The van der Waals surface area contributed by atoms with Crippen LogP contribution in [0.5, 0.6) is 0 Å². The molecule has 2 aliphatic rings. The molecule has 1 aromatic rings. The molecule has 2 fully saturated rings. The van der Waals surface area contributed by atoms with E-state index in [4.69, 9.17) is 18.9 Å². The Balaban J connectivity index is 1.78. The first-order valence-corrected chi connectivity index (χ1v) is 9.94. The lowest BCUT2D eigenvalue weighted by molar-refractivity contribution is -0.165. The standard InChI is InChI=1S/C19H27N3O8/c1-11(23)27-10-15-18(29-13(3)25)17(28-12(2)24)14(30-15)8-22-9-16(20-21-22)19(26)6-4-5-7-19/h9,14-15,17-18,26H,4-8,10H2,1-3H3/t14-,15+,17+,18+/m0/s1. The fraction of sp³-hybridized carbons (Fsp3) is 0.737. The van der Waals surface area contributed by atoms with Crippen LogP contribution in [0.25, 0.3) is 0 Å². The molecule has 0 spiro atoms. The summed E-state index contributed by atoms with van der Waals surface area (Å²) in [4.78, 5) is 34.4. The highest BCUT2D eigenvalue weighted by molar-refractivity contribution is 5.68. The molecule has 1 saturated carbocycles. The van der Waals surface area contributed by atoms with E-state index in [2.05, 4.69) is 10.3 Å². The van der Waals surface area contributed by atoms with E-state index >= 15 is 0 Å². The average molecular weight is 425 g/mol. The van der Waals surface area contributed by atoms with Gasteiger partial charge in [0.05, 0.1) is 12.7 Å². The summed E-state index contributed by atoms with van der Waals surface area (Å²) in [6.07, 6.45) is 1.32. The normalized spacial score (nSPS) is 27.6. The maximum absolute atomic E-state index is 11.7. The van der Waals surface area contributed by atoms with E-state index in [0.717, 1.165) is 12.8 Å². The molecule has 3 rings (SSSR count). The minimum absolute atomic E-state index is 0.134. The summed E-state index contributed by atoms with van der Waals surface area (Å²) >= 11 is 0. The van der Waals surface area contributed by atoms with Gasteiger partial charge in [-0.15, -0.1) is 5.10 Å². The van der Waals surface area contributed by atoms with Crippen molar-refractivity contribution in [3.05, 3.63) is 11.9 Å². The van der Waals surface area contributed by atoms with Gasteiger partial charge in [-0.25, -0.2) is 4.68 Å². The van der Waals surface area contributed by atoms with Crippen molar-refractivity contribution in [2.75, 3.05) is 6.61 Å². The number of carbonyl (C=O) groups is 3. The van der Waals surface area contributed by atoms with Crippen molar-refractivity contribution < 1.29 is 38.4 Å². The van der Waals surface area contributed by atoms with Crippen molar-refractivity contribution in [3.8, 4) is 0 Å². The van der Waals surface area contributed by atoms with Gasteiger partial charge in [-0.3, -0.25) is 14.4 Å². The van der Waals surface area contributed by atoms with Crippen molar-refractivity contribution in [1.82, 2.24) is 15.0 Å². The number of nitrogens with zero attached hydrogens (tertiary/aromatic N) is 3. The molecule has 30 heavy (non-hydrogen) atoms. The predicted molar refractivity (Wildman–Crippen MR) is 98.8 cm³/mol. The smallest absolute Gasteiger partial charge is 0.303 e. The van der Waals surface area contributed by atoms with Gasteiger partial charge in [0.2, 0.25) is 0 Å². The molecule has 1 aliphatic heterocycles. The van der Waals surface area contributed by atoms with Crippen molar-refractivity contribution >= 4 is 17.9 Å². The van der Waals surface area contributed by atoms with Crippen LogP contribution in [0, 0.1) is 0 Å². The molecule has 11 heteroatoms. The zero-order valence-electron chi connectivity index (χ0n) is 17.3. The van der Waals surface area contributed by atoms with Gasteiger partial charge in [0, 0.05) is 20.8 Å². The van der Waals surface area contributed by atoms with Crippen molar-refractivity contribution in [3.63, 3.8) is 0 Å². The lowest BCUT2D eigenvalue weighted by atomic mass is 9.99. The Hall–Kier alpha value is -2.53. The number of aliphatic hydroxyl groups is 1. The van der Waals surface area contributed by atoms with Crippen LogP contribution in [0.2, 0.25) is 0 Å². The third-order valence-corrected chi connectivity index (χ3v) is 5.27. The molecule has 166 valence electrons. The van der Waals surface area contributed by atoms with Crippen LogP contribution in [0.4, 0.5) is 0 Å². The Bertz CT molecular complexity index is 788. The summed E-state index contributed by atoms with van der Waals surface area (Å²) in [5.74, 6) is -1.67. The van der Waals surface area contributed by atoms with Gasteiger partial charge in [-0.2, -0.15) is 0 Å². The van der Waals surface area contributed by atoms with Crippen molar-refractivity contribution in [2.24, 2.45) is 0 Å². The highest BCUT2D eigenvalue weighted by Crippen LogP contribution is 2.37. The lowest BCUT2D eigenvalue weighted by Gasteiger charge is -2.23.